The zero-order valence-electron chi connectivity index (χ0n) is 19.5. The van der Waals surface area contributed by atoms with E-state index in [1.807, 2.05) is 44.7 Å². The Morgan fingerprint density at radius 3 is 2.32 bits per heavy atom. The molecule has 1 unspecified atom stereocenters. The third kappa shape index (κ3) is 6.03. The number of methoxy groups -OCH3 is 2. The van der Waals surface area contributed by atoms with Crippen molar-refractivity contribution in [2.24, 2.45) is 5.92 Å². The lowest BCUT2D eigenvalue weighted by Crippen LogP contribution is -2.54. The van der Waals surface area contributed by atoms with E-state index in [1.165, 1.54) is 0 Å². The molecule has 0 spiro atoms. The van der Waals surface area contributed by atoms with Gasteiger partial charge in [0.15, 0.2) is 11.5 Å². The van der Waals surface area contributed by atoms with E-state index in [-0.39, 0.29) is 18.5 Å². The molecule has 1 aliphatic carbocycles. The Morgan fingerprint density at radius 1 is 1.16 bits per heavy atom. The van der Waals surface area contributed by atoms with E-state index in [9.17, 15) is 9.59 Å². The largest absolute Gasteiger partial charge is 0.493 e. The maximum Gasteiger partial charge on any atom is 0.422 e. The number of carbonyl (C=O) groups excluding carboxylic acids is 2. The lowest BCUT2D eigenvalue weighted by Gasteiger charge is -2.34. The van der Waals surface area contributed by atoms with Crippen LogP contribution < -0.4 is 14.9 Å². The summed E-state index contributed by atoms with van der Waals surface area (Å²) in [6.45, 7) is 8.75. The second-order valence-corrected chi connectivity index (χ2v) is 9.36. The van der Waals surface area contributed by atoms with Gasteiger partial charge in [-0.25, -0.2) is 9.80 Å². The molecule has 1 atom stereocenters. The molecule has 0 bridgehead atoms. The molecule has 1 fully saturated rings. The van der Waals surface area contributed by atoms with Gasteiger partial charge < -0.3 is 19.1 Å². The van der Waals surface area contributed by atoms with Crippen LogP contribution in [0.5, 0.6) is 11.5 Å². The van der Waals surface area contributed by atoms with Gasteiger partial charge in [-0.1, -0.05) is 0 Å². The smallest absolute Gasteiger partial charge is 0.422 e. The molecule has 0 radical (unpaired) electrons. The van der Waals surface area contributed by atoms with Crippen LogP contribution in [0.4, 0.5) is 4.79 Å². The van der Waals surface area contributed by atoms with Crippen molar-refractivity contribution in [3.63, 3.8) is 0 Å². The number of hydrogen-bond donors (Lipinski definition) is 1. The zero-order chi connectivity index (χ0) is 22.8. The summed E-state index contributed by atoms with van der Waals surface area (Å²) in [6.07, 6.45) is 2.44. The third-order valence-electron chi connectivity index (χ3n) is 5.81. The molecule has 1 heterocycles. The van der Waals surface area contributed by atoms with Crippen LogP contribution in [0.15, 0.2) is 12.1 Å². The van der Waals surface area contributed by atoms with Crippen LogP contribution in [0.1, 0.15) is 51.7 Å². The van der Waals surface area contributed by atoms with Gasteiger partial charge in [-0.05, 0) is 76.1 Å². The van der Waals surface area contributed by atoms with Crippen LogP contribution in [0.25, 0.3) is 0 Å². The maximum absolute atomic E-state index is 13.1. The summed E-state index contributed by atoms with van der Waals surface area (Å²) in [5.41, 5.74) is 4.43. The number of fused-ring (bicyclic) bond motifs is 1. The first-order valence-electron chi connectivity index (χ1n) is 10.9. The molecule has 1 aromatic carbocycles. The van der Waals surface area contributed by atoms with Gasteiger partial charge in [-0.15, -0.1) is 0 Å². The normalized spacial score (nSPS) is 17.1. The Morgan fingerprint density at radius 2 is 1.77 bits per heavy atom. The van der Waals surface area contributed by atoms with E-state index in [0.29, 0.717) is 30.5 Å². The van der Waals surface area contributed by atoms with Gasteiger partial charge >= 0.3 is 6.09 Å². The minimum absolute atomic E-state index is 0.0241. The van der Waals surface area contributed by atoms with Gasteiger partial charge in [0, 0.05) is 19.1 Å². The molecular formula is C23H35N3O5. The molecule has 31 heavy (non-hydrogen) atoms. The van der Waals surface area contributed by atoms with E-state index < -0.39 is 11.7 Å². The topological polar surface area (TPSA) is 80.3 Å². The monoisotopic (exact) mass is 433 g/mol. The molecule has 8 nitrogen and oxygen atoms in total. The van der Waals surface area contributed by atoms with Crippen molar-refractivity contribution in [3.05, 3.63) is 23.3 Å². The number of rotatable bonds is 7. The van der Waals surface area contributed by atoms with Gasteiger partial charge in [0.25, 0.3) is 0 Å². The minimum atomic E-state index is -0.598. The van der Waals surface area contributed by atoms with Crippen molar-refractivity contribution in [2.45, 2.75) is 65.1 Å². The first-order chi connectivity index (χ1) is 14.6. The van der Waals surface area contributed by atoms with Gasteiger partial charge in [0.2, 0.25) is 5.91 Å². The Labute approximate surface area is 184 Å². The van der Waals surface area contributed by atoms with E-state index >= 15 is 0 Å². The van der Waals surface area contributed by atoms with Crippen LogP contribution in [0.3, 0.4) is 0 Å². The van der Waals surface area contributed by atoms with E-state index in [4.69, 9.17) is 14.2 Å². The standard InChI is InChI=1S/C23H35N3O5/c1-15(16-7-8-16)26(24-22(28)31-23(2,3)4)14-21(27)25-10-9-17-11-19(29-5)20(30-6)12-18(17)13-25/h11-12,15-16H,7-10,13-14H2,1-6H3,(H,24,28). The van der Waals surface area contributed by atoms with Crippen molar-refractivity contribution >= 4 is 12.0 Å². The molecule has 172 valence electrons. The molecule has 0 aromatic heterocycles. The quantitative estimate of drug-likeness (QED) is 0.666. The summed E-state index contributed by atoms with van der Waals surface area (Å²) >= 11 is 0. The third-order valence-corrected chi connectivity index (χ3v) is 5.81. The molecule has 2 aliphatic rings. The van der Waals surface area contributed by atoms with Crippen molar-refractivity contribution in [1.82, 2.24) is 15.3 Å². The van der Waals surface area contributed by atoms with Gasteiger partial charge in [0.05, 0.1) is 20.8 Å². The van der Waals surface area contributed by atoms with E-state index in [2.05, 4.69) is 5.43 Å². The lowest BCUT2D eigenvalue weighted by molar-refractivity contribution is -0.134. The Bertz CT molecular complexity index is 816. The van der Waals surface area contributed by atoms with Crippen LogP contribution >= 0.6 is 0 Å². The molecule has 0 saturated heterocycles. The molecule has 1 aromatic rings. The molecule has 3 rings (SSSR count). The predicted octanol–water partition coefficient (Wildman–Crippen LogP) is 3.13. The number of ether oxygens (including phenoxy) is 3. The highest BCUT2D eigenvalue weighted by Gasteiger charge is 2.35. The number of hydrogen-bond acceptors (Lipinski definition) is 6. The van der Waals surface area contributed by atoms with Gasteiger partial charge in [0.1, 0.15) is 5.60 Å². The number of nitrogens with one attached hydrogen (secondary N) is 1. The van der Waals surface area contributed by atoms with Crippen LogP contribution in [-0.4, -0.2) is 60.9 Å². The fourth-order valence-electron chi connectivity index (χ4n) is 3.88. The summed E-state index contributed by atoms with van der Waals surface area (Å²) in [6, 6.07) is 4.00. The average molecular weight is 434 g/mol. The van der Waals surface area contributed by atoms with Crippen LogP contribution in [-0.2, 0) is 22.5 Å². The Balaban J connectivity index is 1.68. The zero-order valence-corrected chi connectivity index (χ0v) is 19.5. The van der Waals surface area contributed by atoms with E-state index in [1.54, 1.807) is 19.2 Å². The summed E-state index contributed by atoms with van der Waals surface area (Å²) in [5.74, 6) is 1.82. The average Bonchev–Trinajstić information content (AvgIpc) is 3.55. The summed E-state index contributed by atoms with van der Waals surface area (Å²) in [5, 5.41) is 1.73. The highest BCUT2D eigenvalue weighted by Crippen LogP contribution is 2.35. The van der Waals surface area contributed by atoms with Crippen molar-refractivity contribution < 1.29 is 23.8 Å². The highest BCUT2D eigenvalue weighted by atomic mass is 16.6. The Kier molecular flexibility index (Phi) is 6.99. The van der Waals surface area contributed by atoms with Crippen molar-refractivity contribution in [3.8, 4) is 11.5 Å². The SMILES string of the molecule is COc1cc2c(cc1OC)CN(C(=O)CN(NC(=O)OC(C)(C)C)C(C)C1CC1)CC2. The first kappa shape index (κ1) is 23.2. The van der Waals surface area contributed by atoms with E-state index in [0.717, 1.165) is 30.4 Å². The minimum Gasteiger partial charge on any atom is -0.493 e. The molecule has 1 aliphatic heterocycles. The summed E-state index contributed by atoms with van der Waals surface area (Å²) < 4.78 is 16.2. The van der Waals surface area contributed by atoms with Crippen LogP contribution in [0.2, 0.25) is 0 Å². The highest BCUT2D eigenvalue weighted by molar-refractivity contribution is 5.79. The fourth-order valence-corrected chi connectivity index (χ4v) is 3.88. The van der Waals surface area contributed by atoms with Crippen LogP contribution in [0, 0.1) is 5.92 Å². The molecule has 2 amide bonds. The van der Waals surface area contributed by atoms with Crippen molar-refractivity contribution in [2.75, 3.05) is 27.3 Å². The number of amides is 2. The number of nitrogens with zero attached hydrogens (tertiary/aromatic N) is 2. The van der Waals surface area contributed by atoms with Gasteiger partial charge in [-0.2, -0.15) is 0 Å². The Hall–Kier alpha value is -2.48. The molecule has 1 N–H and O–H groups in total. The maximum atomic E-state index is 13.1. The predicted molar refractivity (Wildman–Crippen MR) is 117 cm³/mol. The number of benzene rings is 1. The molecule has 1 saturated carbocycles. The second kappa shape index (κ2) is 9.34. The lowest BCUT2D eigenvalue weighted by atomic mass is 9.98. The second-order valence-electron chi connectivity index (χ2n) is 9.36. The summed E-state index contributed by atoms with van der Waals surface area (Å²) in [7, 11) is 3.23. The summed E-state index contributed by atoms with van der Waals surface area (Å²) in [4.78, 5) is 27.3. The van der Waals surface area contributed by atoms with Gasteiger partial charge in [-0.3, -0.25) is 10.2 Å². The number of carbonyl (C=O) groups is 2. The van der Waals surface area contributed by atoms with Crippen molar-refractivity contribution in [1.29, 1.82) is 0 Å². The molecular weight excluding hydrogens is 398 g/mol. The molecule has 8 heteroatoms. The fraction of sp³-hybridized carbons (Fsp3) is 0.652. The number of hydrazine groups is 1. The first-order valence-corrected chi connectivity index (χ1v) is 10.9.